The van der Waals surface area contributed by atoms with Crippen molar-refractivity contribution >= 4 is 44.7 Å². The molecule has 0 unspecified atom stereocenters. The fourth-order valence-electron chi connectivity index (χ4n) is 3.33. The van der Waals surface area contributed by atoms with Crippen molar-refractivity contribution in [1.29, 1.82) is 0 Å². The molecule has 4 rings (SSSR count). The molecule has 3 aromatic rings. The molecule has 2 heterocycles. The molecule has 32 heavy (non-hydrogen) atoms. The minimum absolute atomic E-state index is 0.0224. The maximum Gasteiger partial charge on any atom is 0.348 e. The fraction of sp³-hybridized carbons (Fsp3) is 0.227. The number of benzene rings is 1. The first-order chi connectivity index (χ1) is 15.4. The molecular weight excluding hydrogens is 450 g/mol. The van der Waals surface area contributed by atoms with Gasteiger partial charge in [0.05, 0.1) is 4.90 Å². The molecule has 0 fully saturated rings. The number of aromatic nitrogens is 1. The minimum atomic E-state index is -3.81. The lowest BCUT2D eigenvalue weighted by Crippen LogP contribution is -2.20. The molecule has 0 atom stereocenters. The van der Waals surface area contributed by atoms with Crippen LogP contribution in [0.25, 0.3) is 0 Å². The summed E-state index contributed by atoms with van der Waals surface area (Å²) < 4.78 is 32.4. The van der Waals surface area contributed by atoms with Gasteiger partial charge in [-0.25, -0.2) is 18.2 Å². The van der Waals surface area contributed by atoms with E-state index in [1.165, 1.54) is 52.2 Å². The molecule has 2 N–H and O–H groups in total. The van der Waals surface area contributed by atoms with Gasteiger partial charge in [-0.3, -0.25) is 9.52 Å². The number of fused-ring (bicyclic) bond motifs is 1. The van der Waals surface area contributed by atoms with E-state index < -0.39 is 28.5 Å². The average Bonchev–Trinajstić information content (AvgIpc) is 3.23. The van der Waals surface area contributed by atoms with E-state index in [1.807, 2.05) is 6.07 Å². The number of hydrogen-bond donors (Lipinski definition) is 2. The van der Waals surface area contributed by atoms with Crippen LogP contribution in [-0.4, -0.2) is 31.9 Å². The number of hydrogen-bond acceptors (Lipinski definition) is 7. The van der Waals surface area contributed by atoms with Crippen molar-refractivity contribution in [3.05, 3.63) is 70.0 Å². The summed E-state index contributed by atoms with van der Waals surface area (Å²) in [6.45, 7) is -0.428. The quantitative estimate of drug-likeness (QED) is 0.509. The summed E-state index contributed by atoms with van der Waals surface area (Å²) in [5, 5.41) is 2.59. The first-order valence-electron chi connectivity index (χ1n) is 10.0. The van der Waals surface area contributed by atoms with Crippen LogP contribution in [0.2, 0.25) is 0 Å². The number of nitrogens with one attached hydrogen (secondary N) is 2. The number of amides is 1. The smallest absolute Gasteiger partial charge is 0.348 e. The van der Waals surface area contributed by atoms with Crippen LogP contribution in [0.4, 0.5) is 11.5 Å². The second kappa shape index (κ2) is 9.49. The number of sulfonamides is 1. The Morgan fingerprint density at radius 1 is 1.06 bits per heavy atom. The van der Waals surface area contributed by atoms with Gasteiger partial charge in [0, 0.05) is 16.8 Å². The number of nitrogens with zero attached hydrogens (tertiary/aromatic N) is 1. The average molecular weight is 472 g/mol. The zero-order valence-corrected chi connectivity index (χ0v) is 18.7. The van der Waals surface area contributed by atoms with E-state index in [4.69, 9.17) is 4.74 Å². The van der Waals surface area contributed by atoms with Crippen LogP contribution in [0.15, 0.2) is 59.6 Å². The molecule has 1 amide bonds. The summed E-state index contributed by atoms with van der Waals surface area (Å²) in [7, 11) is -3.81. The summed E-state index contributed by atoms with van der Waals surface area (Å²) in [5.41, 5.74) is 1.58. The number of aryl methyl sites for hydroxylation is 2. The van der Waals surface area contributed by atoms with Crippen molar-refractivity contribution in [2.24, 2.45) is 0 Å². The number of anilines is 2. The van der Waals surface area contributed by atoms with Gasteiger partial charge < -0.3 is 10.1 Å². The molecule has 0 radical (unpaired) electrons. The zero-order valence-electron chi connectivity index (χ0n) is 17.0. The zero-order chi connectivity index (χ0) is 22.6. The van der Waals surface area contributed by atoms with Crippen molar-refractivity contribution in [1.82, 2.24) is 4.98 Å². The van der Waals surface area contributed by atoms with Gasteiger partial charge in [-0.15, -0.1) is 11.3 Å². The van der Waals surface area contributed by atoms with Crippen molar-refractivity contribution in [3.8, 4) is 0 Å². The van der Waals surface area contributed by atoms with Gasteiger partial charge in [0.2, 0.25) is 0 Å². The van der Waals surface area contributed by atoms with E-state index in [2.05, 4.69) is 15.0 Å². The number of rotatable bonds is 7. The summed E-state index contributed by atoms with van der Waals surface area (Å²) in [4.78, 5) is 30.1. The SMILES string of the molecule is O=C(COC(=O)c1cc2c(s1)CCCC2)Nc1ccc(S(=O)(=O)Nc2ccccn2)cc1. The van der Waals surface area contributed by atoms with E-state index >= 15 is 0 Å². The number of carbonyl (C=O) groups excluding carboxylic acids is 2. The third-order valence-corrected chi connectivity index (χ3v) is 7.47. The number of esters is 1. The third kappa shape index (κ3) is 5.32. The molecule has 0 bridgehead atoms. The lowest BCUT2D eigenvalue weighted by Gasteiger charge is -2.09. The topological polar surface area (TPSA) is 114 Å². The Hall–Kier alpha value is -3.24. The molecule has 2 aromatic heterocycles. The Labute approximate surface area is 189 Å². The van der Waals surface area contributed by atoms with Crippen LogP contribution in [-0.2, 0) is 32.4 Å². The molecule has 0 saturated carbocycles. The monoisotopic (exact) mass is 471 g/mol. The highest BCUT2D eigenvalue weighted by Crippen LogP contribution is 2.30. The summed E-state index contributed by atoms with van der Waals surface area (Å²) in [6, 6.07) is 12.4. The molecule has 166 valence electrons. The van der Waals surface area contributed by atoms with Gasteiger partial charge in [-0.2, -0.15) is 0 Å². The van der Waals surface area contributed by atoms with Crippen molar-refractivity contribution < 1.29 is 22.7 Å². The van der Waals surface area contributed by atoms with E-state index in [-0.39, 0.29) is 10.7 Å². The van der Waals surface area contributed by atoms with Crippen molar-refractivity contribution in [2.75, 3.05) is 16.6 Å². The predicted octanol–water partition coefficient (Wildman–Crippen LogP) is 3.62. The first-order valence-corrected chi connectivity index (χ1v) is 12.3. The third-order valence-electron chi connectivity index (χ3n) is 4.88. The Kier molecular flexibility index (Phi) is 6.52. The Morgan fingerprint density at radius 3 is 2.56 bits per heavy atom. The molecule has 8 nitrogen and oxygen atoms in total. The molecule has 1 aliphatic rings. The number of pyridine rings is 1. The maximum absolute atomic E-state index is 12.4. The standard InChI is InChI=1S/C22H21N3O5S2/c26-21(14-30-22(27)19-13-15-5-1-2-6-18(15)31-19)24-16-8-10-17(11-9-16)32(28,29)25-20-7-3-4-12-23-20/h3-4,7-13H,1-2,5-6,14H2,(H,23,25)(H,24,26). The number of thiophene rings is 1. The predicted molar refractivity (Wildman–Crippen MR) is 121 cm³/mol. The van der Waals surface area contributed by atoms with Crippen LogP contribution >= 0.6 is 11.3 Å². The highest BCUT2D eigenvalue weighted by molar-refractivity contribution is 7.92. The molecule has 0 aliphatic heterocycles. The first kappa shape index (κ1) is 22.0. The maximum atomic E-state index is 12.4. The van der Waals surface area contributed by atoms with E-state index in [0.717, 1.165) is 25.7 Å². The van der Waals surface area contributed by atoms with Gasteiger partial charge in [0.1, 0.15) is 10.7 Å². The second-order valence-corrected chi connectivity index (χ2v) is 10.1. The largest absolute Gasteiger partial charge is 0.451 e. The highest BCUT2D eigenvalue weighted by atomic mass is 32.2. The summed E-state index contributed by atoms with van der Waals surface area (Å²) in [5.74, 6) is -0.818. The highest BCUT2D eigenvalue weighted by Gasteiger charge is 2.19. The minimum Gasteiger partial charge on any atom is -0.451 e. The molecule has 1 aliphatic carbocycles. The second-order valence-electron chi connectivity index (χ2n) is 7.24. The Balaban J connectivity index is 1.30. The van der Waals surface area contributed by atoms with Crippen LogP contribution in [0.3, 0.4) is 0 Å². The van der Waals surface area contributed by atoms with E-state index in [0.29, 0.717) is 10.6 Å². The fourth-order valence-corrected chi connectivity index (χ4v) is 5.48. The van der Waals surface area contributed by atoms with Gasteiger partial charge >= 0.3 is 5.97 Å². The van der Waals surface area contributed by atoms with Gasteiger partial charge in [-0.05, 0) is 73.7 Å². The number of ether oxygens (including phenoxy) is 1. The van der Waals surface area contributed by atoms with Crippen molar-refractivity contribution in [3.63, 3.8) is 0 Å². The van der Waals surface area contributed by atoms with Crippen LogP contribution in [0.1, 0.15) is 33.0 Å². The Bertz CT molecular complexity index is 1200. The van der Waals surface area contributed by atoms with Crippen LogP contribution in [0.5, 0.6) is 0 Å². The lowest BCUT2D eigenvalue weighted by atomic mass is 9.99. The van der Waals surface area contributed by atoms with Crippen molar-refractivity contribution in [2.45, 2.75) is 30.6 Å². The molecular formula is C22H21N3O5S2. The van der Waals surface area contributed by atoms with Crippen LogP contribution in [0, 0.1) is 0 Å². The Morgan fingerprint density at radius 2 is 1.84 bits per heavy atom. The summed E-state index contributed by atoms with van der Waals surface area (Å²) >= 11 is 1.43. The van der Waals surface area contributed by atoms with E-state index in [1.54, 1.807) is 18.2 Å². The molecule has 0 saturated heterocycles. The van der Waals surface area contributed by atoms with Gasteiger partial charge in [0.15, 0.2) is 6.61 Å². The lowest BCUT2D eigenvalue weighted by molar-refractivity contribution is -0.119. The van der Waals surface area contributed by atoms with Gasteiger partial charge in [-0.1, -0.05) is 6.07 Å². The summed E-state index contributed by atoms with van der Waals surface area (Å²) in [6.07, 6.45) is 5.69. The normalized spacial score (nSPS) is 13.1. The van der Waals surface area contributed by atoms with Crippen LogP contribution < -0.4 is 10.0 Å². The number of carbonyl (C=O) groups is 2. The van der Waals surface area contributed by atoms with E-state index in [9.17, 15) is 18.0 Å². The van der Waals surface area contributed by atoms with Gasteiger partial charge in [0.25, 0.3) is 15.9 Å². The molecule has 0 spiro atoms. The molecule has 1 aromatic carbocycles. The molecule has 10 heteroatoms.